The fourth-order valence-corrected chi connectivity index (χ4v) is 5.17. The first-order chi connectivity index (χ1) is 17.5. The van der Waals surface area contributed by atoms with E-state index in [9.17, 15) is 19.1 Å². The molecule has 180 valence electrons. The van der Waals surface area contributed by atoms with Gasteiger partial charge in [-0.3, -0.25) is 9.36 Å². The van der Waals surface area contributed by atoms with Gasteiger partial charge in [0.15, 0.2) is 4.80 Å². The quantitative estimate of drug-likeness (QED) is 0.423. The molecule has 2 heterocycles. The summed E-state index contributed by atoms with van der Waals surface area (Å²) in [4.78, 5) is 32.2. The van der Waals surface area contributed by atoms with Gasteiger partial charge in [0, 0.05) is 5.56 Å². The van der Waals surface area contributed by atoms with Gasteiger partial charge in [0.05, 0.1) is 28.5 Å². The summed E-state index contributed by atoms with van der Waals surface area (Å²) < 4.78 is 21.0. The topological polar surface area (TPSA) is 80.9 Å². The van der Waals surface area contributed by atoms with Crippen LogP contribution in [-0.2, 0) is 9.53 Å². The Morgan fingerprint density at radius 1 is 1.11 bits per heavy atom. The molecule has 6 nitrogen and oxygen atoms in total. The lowest BCUT2D eigenvalue weighted by Crippen LogP contribution is -2.40. The normalized spacial score (nSPS) is 15.4. The molecule has 5 rings (SSSR count). The molecule has 0 spiro atoms. The molecule has 0 saturated heterocycles. The van der Waals surface area contributed by atoms with Gasteiger partial charge >= 0.3 is 5.97 Å². The van der Waals surface area contributed by atoms with E-state index in [-0.39, 0.29) is 23.5 Å². The zero-order valence-corrected chi connectivity index (χ0v) is 20.0. The van der Waals surface area contributed by atoms with E-state index in [4.69, 9.17) is 9.73 Å². The number of hydrogen-bond donors (Lipinski definition) is 1. The molecule has 1 aliphatic rings. The van der Waals surface area contributed by atoms with Crippen LogP contribution in [0.15, 0.2) is 94.2 Å². The van der Waals surface area contributed by atoms with E-state index in [1.54, 1.807) is 49.4 Å². The van der Waals surface area contributed by atoms with Gasteiger partial charge < -0.3 is 9.84 Å². The van der Waals surface area contributed by atoms with Gasteiger partial charge in [0.2, 0.25) is 0 Å². The van der Waals surface area contributed by atoms with Crippen LogP contribution in [0.25, 0.3) is 11.8 Å². The minimum absolute atomic E-state index is 0.0803. The number of carbonyl (C=O) groups excluding carboxylic acids is 1. The molecule has 3 aromatic carbocycles. The maximum Gasteiger partial charge on any atom is 0.338 e. The summed E-state index contributed by atoms with van der Waals surface area (Å²) in [6.07, 6.45) is 1.67. The molecule has 1 aliphatic heterocycles. The molecule has 0 aliphatic carbocycles. The number of phenols is 1. The standard InChI is InChI=1S/C28H21FN2O4S/c1-2-35-27(34)23-24(18-8-4-3-5-9-18)30-28-31(25(23)19-11-13-20(29)14-12-19)26(33)22(36-28)16-17-7-6-10-21(32)15-17/h3-16,25,32H,2H2,1H3/b22-16-/t25-/m1/s1. The highest BCUT2D eigenvalue weighted by Crippen LogP contribution is 2.35. The Kier molecular flexibility index (Phi) is 6.35. The second kappa shape index (κ2) is 9.75. The Labute approximate surface area is 209 Å². The van der Waals surface area contributed by atoms with Crippen LogP contribution in [0.5, 0.6) is 5.75 Å². The number of benzene rings is 3. The van der Waals surface area contributed by atoms with Crippen LogP contribution in [0, 0.1) is 5.82 Å². The van der Waals surface area contributed by atoms with E-state index < -0.39 is 17.8 Å². The lowest BCUT2D eigenvalue weighted by molar-refractivity contribution is -0.138. The van der Waals surface area contributed by atoms with Crippen molar-refractivity contribution < 1.29 is 19.0 Å². The summed E-state index contributed by atoms with van der Waals surface area (Å²) in [5.41, 5.74) is 2.13. The predicted octanol–water partition coefficient (Wildman–Crippen LogP) is 3.78. The zero-order chi connectivity index (χ0) is 25.2. The summed E-state index contributed by atoms with van der Waals surface area (Å²) in [5.74, 6) is -0.951. The minimum Gasteiger partial charge on any atom is -0.508 e. The Balaban J connectivity index is 1.83. The van der Waals surface area contributed by atoms with Crippen LogP contribution in [-0.4, -0.2) is 22.2 Å². The lowest BCUT2D eigenvalue weighted by atomic mass is 9.93. The summed E-state index contributed by atoms with van der Waals surface area (Å²) in [6, 6.07) is 20.6. The predicted molar refractivity (Wildman–Crippen MR) is 136 cm³/mol. The first-order valence-electron chi connectivity index (χ1n) is 11.3. The first kappa shape index (κ1) is 23.4. The van der Waals surface area contributed by atoms with Crippen molar-refractivity contribution in [2.45, 2.75) is 13.0 Å². The molecule has 8 heteroatoms. The van der Waals surface area contributed by atoms with Gasteiger partial charge in [-0.05, 0) is 48.4 Å². The molecule has 1 atom stereocenters. The molecule has 0 bridgehead atoms. The maximum atomic E-state index is 13.8. The molecule has 36 heavy (non-hydrogen) atoms. The van der Waals surface area contributed by atoms with Gasteiger partial charge in [-0.1, -0.05) is 65.9 Å². The van der Waals surface area contributed by atoms with Crippen molar-refractivity contribution in [2.75, 3.05) is 6.61 Å². The highest BCUT2D eigenvalue weighted by molar-refractivity contribution is 7.07. The van der Waals surface area contributed by atoms with Crippen LogP contribution in [0.2, 0.25) is 0 Å². The number of fused-ring (bicyclic) bond motifs is 1. The number of phenolic OH excluding ortho intramolecular Hbond substituents is 1. The van der Waals surface area contributed by atoms with Gasteiger partial charge in [-0.25, -0.2) is 14.2 Å². The Morgan fingerprint density at radius 2 is 1.86 bits per heavy atom. The first-order valence-corrected chi connectivity index (χ1v) is 12.1. The monoisotopic (exact) mass is 500 g/mol. The van der Waals surface area contributed by atoms with Crippen molar-refractivity contribution in [1.29, 1.82) is 0 Å². The molecule has 0 unspecified atom stereocenters. The molecule has 0 amide bonds. The number of halogens is 1. The summed E-state index contributed by atoms with van der Waals surface area (Å²) in [6.45, 7) is 1.85. The molecule has 4 aromatic rings. The third-order valence-electron chi connectivity index (χ3n) is 5.73. The molecule has 1 aromatic heterocycles. The van der Waals surface area contributed by atoms with E-state index >= 15 is 0 Å². The van der Waals surface area contributed by atoms with Gasteiger partial charge in [-0.2, -0.15) is 0 Å². The van der Waals surface area contributed by atoms with Gasteiger partial charge in [0.1, 0.15) is 11.6 Å². The summed E-state index contributed by atoms with van der Waals surface area (Å²) >= 11 is 1.18. The Bertz CT molecular complexity index is 1650. The molecule has 1 N–H and O–H groups in total. The number of esters is 1. The van der Waals surface area contributed by atoms with E-state index in [1.807, 2.05) is 30.3 Å². The van der Waals surface area contributed by atoms with Crippen LogP contribution in [0.3, 0.4) is 0 Å². The number of hydrogen-bond acceptors (Lipinski definition) is 6. The molecule has 0 fully saturated rings. The third-order valence-corrected chi connectivity index (χ3v) is 6.71. The average Bonchev–Trinajstić information content (AvgIpc) is 3.19. The van der Waals surface area contributed by atoms with E-state index in [2.05, 4.69) is 0 Å². The number of carbonyl (C=O) groups is 1. The second-order valence-corrected chi connectivity index (χ2v) is 9.09. The lowest BCUT2D eigenvalue weighted by Gasteiger charge is -2.25. The average molecular weight is 501 g/mol. The second-order valence-electron chi connectivity index (χ2n) is 8.08. The van der Waals surface area contributed by atoms with Crippen molar-refractivity contribution in [3.05, 3.63) is 127 Å². The van der Waals surface area contributed by atoms with Crippen molar-refractivity contribution in [3.8, 4) is 5.75 Å². The SMILES string of the molecule is CCOC(=O)C1=C(c2ccccc2)N=c2s/c(=C\c3cccc(O)c3)c(=O)n2[C@@H]1c1ccc(F)cc1. The number of rotatable bonds is 5. The van der Waals surface area contributed by atoms with Crippen molar-refractivity contribution >= 4 is 29.1 Å². The molecular formula is C28H21FN2O4S. The van der Waals surface area contributed by atoms with Crippen LogP contribution in [0.1, 0.15) is 29.7 Å². The van der Waals surface area contributed by atoms with Crippen LogP contribution in [0.4, 0.5) is 4.39 Å². The largest absolute Gasteiger partial charge is 0.508 e. The Morgan fingerprint density at radius 3 is 2.56 bits per heavy atom. The highest BCUT2D eigenvalue weighted by Gasteiger charge is 2.35. The third kappa shape index (κ3) is 4.38. The summed E-state index contributed by atoms with van der Waals surface area (Å²) in [7, 11) is 0. The van der Waals surface area contributed by atoms with Gasteiger partial charge in [0.25, 0.3) is 5.56 Å². The highest BCUT2D eigenvalue weighted by atomic mass is 32.1. The van der Waals surface area contributed by atoms with E-state index in [0.717, 1.165) is 0 Å². The number of ether oxygens (including phenoxy) is 1. The van der Waals surface area contributed by atoms with E-state index in [0.29, 0.717) is 31.7 Å². The smallest absolute Gasteiger partial charge is 0.338 e. The van der Waals surface area contributed by atoms with Crippen LogP contribution >= 0.6 is 11.3 Å². The minimum atomic E-state index is -0.873. The Hall–Kier alpha value is -4.30. The van der Waals surface area contributed by atoms with E-state index in [1.165, 1.54) is 28.0 Å². The number of thiazole rings is 1. The fraction of sp³-hybridized carbons (Fsp3) is 0.107. The number of nitrogens with zero attached hydrogens (tertiary/aromatic N) is 2. The van der Waals surface area contributed by atoms with Crippen molar-refractivity contribution in [1.82, 2.24) is 4.57 Å². The summed E-state index contributed by atoms with van der Waals surface area (Å²) in [5, 5.41) is 9.84. The van der Waals surface area contributed by atoms with Crippen molar-refractivity contribution in [2.24, 2.45) is 4.99 Å². The zero-order valence-electron chi connectivity index (χ0n) is 19.2. The van der Waals surface area contributed by atoms with Crippen molar-refractivity contribution in [3.63, 3.8) is 0 Å². The number of aromatic nitrogens is 1. The molecule has 0 radical (unpaired) electrons. The van der Waals surface area contributed by atoms with Gasteiger partial charge in [-0.15, -0.1) is 0 Å². The van der Waals surface area contributed by atoms with Crippen LogP contribution < -0.4 is 14.9 Å². The molecular weight excluding hydrogens is 479 g/mol. The maximum absolute atomic E-state index is 13.8. The number of aromatic hydroxyl groups is 1. The fourth-order valence-electron chi connectivity index (χ4n) is 4.17. The molecule has 0 saturated carbocycles.